The Labute approximate surface area is 118 Å². The predicted octanol–water partition coefficient (Wildman–Crippen LogP) is 3.54. The van der Waals surface area contributed by atoms with Crippen molar-refractivity contribution in [3.05, 3.63) is 53.5 Å². The van der Waals surface area contributed by atoms with Crippen molar-refractivity contribution in [2.75, 3.05) is 5.32 Å². The fourth-order valence-electron chi connectivity index (χ4n) is 1.71. The zero-order valence-electron chi connectivity index (χ0n) is 10.2. The fourth-order valence-corrected chi connectivity index (χ4v) is 1.88. The molecule has 2 rings (SSSR count). The van der Waals surface area contributed by atoms with Gasteiger partial charge in [0, 0.05) is 11.3 Å². The Bertz CT molecular complexity index is 609. The molecular weight excluding hydrogens is 289 g/mol. The van der Waals surface area contributed by atoms with Crippen molar-refractivity contribution >= 4 is 22.9 Å². The zero-order valence-corrected chi connectivity index (χ0v) is 11.0. The summed E-state index contributed by atoms with van der Waals surface area (Å²) in [6.45, 7) is 0.356. The second-order valence-electron chi connectivity index (χ2n) is 4.06. The minimum absolute atomic E-state index is 0.197. The second kappa shape index (κ2) is 5.54. The molecule has 1 aromatic heterocycles. The van der Waals surface area contributed by atoms with Gasteiger partial charge in [0.05, 0.1) is 18.4 Å². The number of hydrogen-bond donors (Lipinski definition) is 2. The molecule has 106 valence electrons. The maximum atomic E-state index is 12.8. The molecule has 3 nitrogen and oxygen atoms in total. The van der Waals surface area contributed by atoms with E-state index in [1.54, 1.807) is 12.1 Å². The van der Waals surface area contributed by atoms with Gasteiger partial charge in [-0.25, -0.2) is 0 Å². The van der Waals surface area contributed by atoms with Crippen LogP contribution in [0.4, 0.5) is 18.9 Å². The summed E-state index contributed by atoms with van der Waals surface area (Å²) in [6.07, 6.45) is -2.97. The number of furan rings is 1. The number of hydrogen-bond acceptors (Lipinski definition) is 3. The second-order valence-corrected chi connectivity index (χ2v) is 4.50. The lowest BCUT2D eigenvalue weighted by Gasteiger charge is -2.14. The van der Waals surface area contributed by atoms with Gasteiger partial charge in [0.2, 0.25) is 0 Å². The molecule has 0 atom stereocenters. The molecule has 7 heteroatoms. The van der Waals surface area contributed by atoms with Gasteiger partial charge < -0.3 is 15.5 Å². The number of anilines is 1. The molecule has 0 unspecified atom stereocenters. The van der Waals surface area contributed by atoms with E-state index in [0.717, 1.165) is 6.07 Å². The highest BCUT2D eigenvalue weighted by molar-refractivity contribution is 7.80. The lowest BCUT2D eigenvalue weighted by atomic mass is 10.1. The normalized spacial score (nSPS) is 11.3. The van der Waals surface area contributed by atoms with Crippen LogP contribution in [0.15, 0.2) is 41.0 Å². The lowest BCUT2D eigenvalue weighted by molar-refractivity contribution is -0.137. The molecular formula is C13H11F3N2OS. The Hall–Kier alpha value is -2.02. The van der Waals surface area contributed by atoms with E-state index in [0.29, 0.717) is 18.0 Å². The first-order valence-electron chi connectivity index (χ1n) is 5.65. The van der Waals surface area contributed by atoms with Gasteiger partial charge in [0.1, 0.15) is 10.7 Å². The molecule has 0 fully saturated rings. The highest BCUT2D eigenvalue weighted by Crippen LogP contribution is 2.33. The van der Waals surface area contributed by atoms with Crippen molar-refractivity contribution in [1.29, 1.82) is 0 Å². The van der Waals surface area contributed by atoms with Crippen LogP contribution in [0, 0.1) is 0 Å². The van der Waals surface area contributed by atoms with Crippen LogP contribution < -0.4 is 11.1 Å². The molecule has 0 aliphatic heterocycles. The average Bonchev–Trinajstić information content (AvgIpc) is 2.88. The third-order valence-corrected chi connectivity index (χ3v) is 2.86. The summed E-state index contributed by atoms with van der Waals surface area (Å²) >= 11 is 4.67. The van der Waals surface area contributed by atoms with E-state index in [9.17, 15) is 13.2 Å². The summed E-state index contributed by atoms with van der Waals surface area (Å²) in [6, 6.07) is 7.05. The van der Waals surface area contributed by atoms with E-state index in [-0.39, 0.29) is 10.6 Å². The van der Waals surface area contributed by atoms with Crippen molar-refractivity contribution in [3.63, 3.8) is 0 Å². The number of halogens is 3. The van der Waals surface area contributed by atoms with Crippen LogP contribution in [-0.4, -0.2) is 4.99 Å². The number of thiocarbonyl (C=S) groups is 1. The fraction of sp³-hybridized carbons (Fsp3) is 0.154. The van der Waals surface area contributed by atoms with E-state index >= 15 is 0 Å². The molecule has 0 spiro atoms. The summed E-state index contributed by atoms with van der Waals surface area (Å²) in [7, 11) is 0. The first-order valence-corrected chi connectivity index (χ1v) is 6.06. The van der Waals surface area contributed by atoms with Crippen LogP contribution >= 0.6 is 12.2 Å². The first-order chi connectivity index (χ1) is 9.38. The minimum Gasteiger partial charge on any atom is -0.467 e. The van der Waals surface area contributed by atoms with E-state index in [4.69, 9.17) is 10.2 Å². The van der Waals surface area contributed by atoms with Gasteiger partial charge in [-0.3, -0.25) is 0 Å². The van der Waals surface area contributed by atoms with E-state index in [1.165, 1.54) is 18.4 Å². The molecule has 2 aromatic rings. The van der Waals surface area contributed by atoms with E-state index in [2.05, 4.69) is 17.5 Å². The van der Waals surface area contributed by atoms with Gasteiger partial charge in [-0.15, -0.1) is 0 Å². The summed E-state index contributed by atoms with van der Waals surface area (Å²) in [5.41, 5.74) is 4.80. The summed E-state index contributed by atoms with van der Waals surface area (Å²) in [5, 5.41) is 2.94. The van der Waals surface area contributed by atoms with Crippen molar-refractivity contribution in [1.82, 2.24) is 0 Å². The summed E-state index contributed by atoms with van der Waals surface area (Å²) in [5.74, 6) is 0.668. The van der Waals surface area contributed by atoms with Crippen LogP contribution in [0.3, 0.4) is 0 Å². The largest absolute Gasteiger partial charge is 0.467 e. The molecule has 0 saturated carbocycles. The van der Waals surface area contributed by atoms with Crippen LogP contribution in [0.1, 0.15) is 16.9 Å². The number of nitrogens with one attached hydrogen (secondary N) is 1. The molecule has 0 aliphatic rings. The first kappa shape index (κ1) is 14.4. The maximum Gasteiger partial charge on any atom is 0.417 e. The summed E-state index contributed by atoms with van der Waals surface area (Å²) < 4.78 is 43.5. The van der Waals surface area contributed by atoms with Gasteiger partial charge in [0.25, 0.3) is 0 Å². The molecule has 20 heavy (non-hydrogen) atoms. The van der Waals surface area contributed by atoms with E-state index in [1.807, 2.05) is 0 Å². The van der Waals surface area contributed by atoms with Gasteiger partial charge in [-0.1, -0.05) is 12.2 Å². The number of nitrogens with two attached hydrogens (primary N) is 1. The Morgan fingerprint density at radius 2 is 2.05 bits per heavy atom. The number of alkyl halides is 3. The van der Waals surface area contributed by atoms with Gasteiger partial charge in [-0.05, 0) is 30.3 Å². The van der Waals surface area contributed by atoms with Gasteiger partial charge >= 0.3 is 6.18 Å². The van der Waals surface area contributed by atoms with Crippen molar-refractivity contribution < 1.29 is 17.6 Å². The third kappa shape index (κ3) is 3.30. The average molecular weight is 300 g/mol. The molecule has 0 radical (unpaired) electrons. The van der Waals surface area contributed by atoms with Crippen LogP contribution in [-0.2, 0) is 12.7 Å². The molecule has 0 saturated heterocycles. The van der Waals surface area contributed by atoms with Crippen LogP contribution in [0.2, 0.25) is 0 Å². The smallest absolute Gasteiger partial charge is 0.417 e. The number of rotatable bonds is 4. The predicted molar refractivity (Wildman–Crippen MR) is 73.4 cm³/mol. The Morgan fingerprint density at radius 3 is 2.60 bits per heavy atom. The highest BCUT2D eigenvalue weighted by atomic mass is 32.1. The molecule has 3 N–H and O–H groups in total. The Balaban J connectivity index is 2.24. The zero-order chi connectivity index (χ0) is 14.8. The minimum atomic E-state index is -4.49. The Morgan fingerprint density at radius 1 is 1.30 bits per heavy atom. The summed E-state index contributed by atoms with van der Waals surface area (Å²) in [4.78, 5) is -0.293. The standard InChI is InChI=1S/C13H11F3N2OS/c14-13(15,16)11-4-3-8(6-10(11)12(17)20)18-7-9-2-1-5-19-9/h1-6,18H,7H2,(H2,17,20). The molecule has 0 bridgehead atoms. The quantitative estimate of drug-likeness (QED) is 0.848. The Kier molecular flexibility index (Phi) is 3.99. The molecule has 0 aliphatic carbocycles. The van der Waals surface area contributed by atoms with Crippen LogP contribution in [0.5, 0.6) is 0 Å². The van der Waals surface area contributed by atoms with Gasteiger partial charge in [0.15, 0.2) is 0 Å². The van der Waals surface area contributed by atoms with Crippen molar-refractivity contribution in [2.45, 2.75) is 12.7 Å². The van der Waals surface area contributed by atoms with E-state index < -0.39 is 11.7 Å². The topological polar surface area (TPSA) is 51.2 Å². The molecule has 1 aromatic carbocycles. The van der Waals surface area contributed by atoms with Crippen LogP contribution in [0.25, 0.3) is 0 Å². The SMILES string of the molecule is NC(=S)c1cc(NCc2ccco2)ccc1C(F)(F)F. The van der Waals surface area contributed by atoms with Gasteiger partial charge in [-0.2, -0.15) is 13.2 Å². The third-order valence-electron chi connectivity index (χ3n) is 2.64. The van der Waals surface area contributed by atoms with Crippen molar-refractivity contribution in [2.24, 2.45) is 5.73 Å². The molecule has 0 amide bonds. The lowest BCUT2D eigenvalue weighted by Crippen LogP contribution is -2.18. The monoisotopic (exact) mass is 300 g/mol. The number of benzene rings is 1. The van der Waals surface area contributed by atoms with Crippen molar-refractivity contribution in [3.8, 4) is 0 Å². The highest BCUT2D eigenvalue weighted by Gasteiger charge is 2.34. The maximum absolute atomic E-state index is 12.8. The molecule has 1 heterocycles.